The van der Waals surface area contributed by atoms with Crippen molar-refractivity contribution in [1.29, 1.82) is 0 Å². The summed E-state index contributed by atoms with van der Waals surface area (Å²) in [6.45, 7) is 1.24. The van der Waals surface area contributed by atoms with Crippen LogP contribution in [-0.4, -0.2) is 43.9 Å². The van der Waals surface area contributed by atoms with Crippen LogP contribution in [0.2, 0.25) is 0 Å². The number of hydrogen-bond donors (Lipinski definition) is 0. The van der Waals surface area contributed by atoms with Gasteiger partial charge in [0.15, 0.2) is 9.84 Å². The fraction of sp³-hybridized carbons (Fsp3) is 0.381. The Balaban J connectivity index is 1.63. The first-order valence-corrected chi connectivity index (χ1v) is 11.0. The Hall–Kier alpha value is -2.18. The molecule has 1 aliphatic heterocycles. The van der Waals surface area contributed by atoms with Crippen LogP contribution in [0.1, 0.15) is 30.0 Å². The zero-order valence-electron chi connectivity index (χ0n) is 15.3. The van der Waals surface area contributed by atoms with E-state index in [0.29, 0.717) is 26.2 Å². The molecule has 1 fully saturated rings. The molecule has 6 heteroatoms. The summed E-state index contributed by atoms with van der Waals surface area (Å²) in [5.74, 6) is 0.0483. The highest BCUT2D eigenvalue weighted by Gasteiger charge is 2.32. The second kappa shape index (κ2) is 9.15. The van der Waals surface area contributed by atoms with E-state index < -0.39 is 15.9 Å². The predicted octanol–water partition coefficient (Wildman–Crippen LogP) is 2.98. The van der Waals surface area contributed by atoms with E-state index >= 15 is 0 Å². The number of amides is 1. The van der Waals surface area contributed by atoms with E-state index in [1.165, 1.54) is 0 Å². The summed E-state index contributed by atoms with van der Waals surface area (Å²) in [6.07, 6.45) is 0.721. The molecule has 0 spiro atoms. The molecule has 2 aromatic carbocycles. The maximum absolute atomic E-state index is 12.8. The summed E-state index contributed by atoms with van der Waals surface area (Å²) in [4.78, 5) is 14.5. The fourth-order valence-corrected chi connectivity index (χ4v) is 4.93. The number of rotatable bonds is 6. The molecule has 0 aromatic heterocycles. The van der Waals surface area contributed by atoms with E-state index in [9.17, 15) is 13.2 Å². The van der Waals surface area contributed by atoms with Crippen LogP contribution < -0.4 is 0 Å². The van der Waals surface area contributed by atoms with Crippen molar-refractivity contribution in [2.24, 2.45) is 0 Å². The number of hydrogen-bond acceptors (Lipinski definition) is 4. The molecular formula is C21H25NO4S. The third kappa shape index (κ3) is 5.65. The molecule has 1 amide bonds. The van der Waals surface area contributed by atoms with Gasteiger partial charge >= 0.3 is 0 Å². The number of benzene rings is 2. The lowest BCUT2D eigenvalue weighted by Gasteiger charge is -2.30. The average Bonchev–Trinajstić information content (AvgIpc) is 2.84. The molecule has 1 unspecified atom stereocenters. The zero-order valence-corrected chi connectivity index (χ0v) is 16.1. The Morgan fingerprint density at radius 1 is 1.04 bits per heavy atom. The number of ether oxygens (including phenoxy) is 1. The normalized spacial score (nSPS) is 19.4. The van der Waals surface area contributed by atoms with Gasteiger partial charge < -0.3 is 9.64 Å². The molecule has 1 heterocycles. The predicted molar refractivity (Wildman–Crippen MR) is 105 cm³/mol. The molecule has 0 radical (unpaired) electrons. The lowest BCUT2D eigenvalue weighted by Crippen LogP contribution is -2.37. The van der Waals surface area contributed by atoms with Crippen LogP contribution in [0.3, 0.4) is 0 Å². The fourth-order valence-electron chi connectivity index (χ4n) is 3.34. The van der Waals surface area contributed by atoms with E-state index in [4.69, 9.17) is 4.74 Å². The molecule has 2 aromatic rings. The smallest absolute Gasteiger partial charge is 0.225 e. The van der Waals surface area contributed by atoms with E-state index in [0.717, 1.165) is 11.1 Å². The summed E-state index contributed by atoms with van der Waals surface area (Å²) >= 11 is 0. The van der Waals surface area contributed by atoms with Gasteiger partial charge in [0.1, 0.15) is 0 Å². The molecule has 1 saturated heterocycles. The second-order valence-electron chi connectivity index (χ2n) is 6.77. The minimum Gasteiger partial charge on any atom is -0.376 e. The van der Waals surface area contributed by atoms with Crippen molar-refractivity contribution in [3.05, 3.63) is 71.8 Å². The minimum absolute atomic E-state index is 0.0202. The molecule has 3 rings (SSSR count). The van der Waals surface area contributed by atoms with Crippen LogP contribution in [0.15, 0.2) is 60.7 Å². The number of carbonyl (C=O) groups is 1. The standard InChI is InChI=1S/C21H25NO4S/c23-21(12-14-26-16-18-8-3-1-4-9-18)22-13-7-15-27(24,25)17-20(22)19-10-5-2-6-11-19/h1-6,8-11,20H,7,12-17H2. The zero-order chi connectivity index (χ0) is 19.1. The van der Waals surface area contributed by atoms with Crippen LogP contribution in [0, 0.1) is 0 Å². The van der Waals surface area contributed by atoms with Crippen LogP contribution in [0.4, 0.5) is 0 Å². The summed E-state index contributed by atoms with van der Waals surface area (Å²) in [5.41, 5.74) is 1.93. The van der Waals surface area contributed by atoms with E-state index in [1.54, 1.807) is 4.90 Å². The molecule has 0 saturated carbocycles. The summed E-state index contributed by atoms with van der Waals surface area (Å²) in [7, 11) is -3.17. The minimum atomic E-state index is -3.17. The van der Waals surface area contributed by atoms with Gasteiger partial charge in [-0.1, -0.05) is 60.7 Å². The molecule has 1 atom stereocenters. The van der Waals surface area contributed by atoms with Gasteiger partial charge in [0.25, 0.3) is 0 Å². The first-order valence-electron chi connectivity index (χ1n) is 9.22. The maximum atomic E-state index is 12.8. The molecule has 144 valence electrons. The largest absolute Gasteiger partial charge is 0.376 e. The highest BCUT2D eigenvalue weighted by atomic mass is 32.2. The van der Waals surface area contributed by atoms with Crippen LogP contribution in [0.5, 0.6) is 0 Å². The first-order chi connectivity index (χ1) is 13.1. The van der Waals surface area contributed by atoms with Crippen molar-refractivity contribution in [1.82, 2.24) is 4.90 Å². The van der Waals surface area contributed by atoms with Crippen LogP contribution in [0.25, 0.3) is 0 Å². The monoisotopic (exact) mass is 387 g/mol. The van der Waals surface area contributed by atoms with Crippen molar-refractivity contribution >= 4 is 15.7 Å². The van der Waals surface area contributed by atoms with E-state index in [-0.39, 0.29) is 23.8 Å². The van der Waals surface area contributed by atoms with Gasteiger partial charge in [-0.15, -0.1) is 0 Å². The van der Waals surface area contributed by atoms with E-state index in [2.05, 4.69) is 0 Å². The third-order valence-corrected chi connectivity index (χ3v) is 6.45. The Morgan fingerprint density at radius 2 is 1.70 bits per heavy atom. The maximum Gasteiger partial charge on any atom is 0.225 e. The number of sulfone groups is 1. The Labute approximate surface area is 160 Å². The number of nitrogens with zero attached hydrogens (tertiary/aromatic N) is 1. The lowest BCUT2D eigenvalue weighted by atomic mass is 10.1. The Morgan fingerprint density at radius 3 is 2.41 bits per heavy atom. The first kappa shape index (κ1) is 19.6. The van der Waals surface area contributed by atoms with Gasteiger partial charge in [0.05, 0.1) is 37.2 Å². The van der Waals surface area contributed by atoms with Crippen LogP contribution >= 0.6 is 0 Å². The summed E-state index contributed by atoms with van der Waals surface area (Å²) in [5, 5.41) is 0. The quantitative estimate of drug-likeness (QED) is 0.715. The summed E-state index contributed by atoms with van der Waals surface area (Å²) < 4.78 is 30.2. The topological polar surface area (TPSA) is 63.7 Å². The number of carbonyl (C=O) groups excluding carboxylic acids is 1. The highest BCUT2D eigenvalue weighted by molar-refractivity contribution is 7.91. The molecule has 0 aliphatic carbocycles. The lowest BCUT2D eigenvalue weighted by molar-refractivity contribution is -0.134. The molecule has 0 bridgehead atoms. The molecule has 1 aliphatic rings. The Kier molecular flexibility index (Phi) is 6.63. The van der Waals surface area contributed by atoms with Crippen molar-refractivity contribution in [2.75, 3.05) is 24.7 Å². The van der Waals surface area contributed by atoms with Gasteiger partial charge in [-0.05, 0) is 17.5 Å². The molecule has 27 heavy (non-hydrogen) atoms. The summed E-state index contributed by atoms with van der Waals surface area (Å²) in [6, 6.07) is 18.8. The van der Waals surface area contributed by atoms with E-state index in [1.807, 2.05) is 60.7 Å². The van der Waals surface area contributed by atoms with Crippen molar-refractivity contribution in [3.63, 3.8) is 0 Å². The van der Waals surface area contributed by atoms with Gasteiger partial charge in [-0.2, -0.15) is 0 Å². The van der Waals surface area contributed by atoms with Crippen molar-refractivity contribution in [3.8, 4) is 0 Å². The SMILES string of the molecule is O=C(CCOCc1ccccc1)N1CCCS(=O)(=O)CC1c1ccccc1. The van der Waals surface area contributed by atoms with Crippen LogP contribution in [-0.2, 0) is 26.0 Å². The van der Waals surface area contributed by atoms with Crippen molar-refractivity contribution < 1.29 is 17.9 Å². The third-order valence-electron chi connectivity index (χ3n) is 4.72. The van der Waals surface area contributed by atoms with Gasteiger partial charge in [0.2, 0.25) is 5.91 Å². The van der Waals surface area contributed by atoms with Crippen molar-refractivity contribution in [2.45, 2.75) is 25.5 Å². The molecular weight excluding hydrogens is 362 g/mol. The van der Waals surface area contributed by atoms with Gasteiger partial charge in [0, 0.05) is 6.54 Å². The molecule has 0 N–H and O–H groups in total. The highest BCUT2D eigenvalue weighted by Crippen LogP contribution is 2.27. The van der Waals surface area contributed by atoms with Gasteiger partial charge in [-0.3, -0.25) is 4.79 Å². The average molecular weight is 388 g/mol. The second-order valence-corrected chi connectivity index (χ2v) is 9.00. The molecule has 5 nitrogen and oxygen atoms in total. The Bertz CT molecular complexity index is 837. The van der Waals surface area contributed by atoms with Gasteiger partial charge in [-0.25, -0.2) is 8.42 Å².